The van der Waals surface area contributed by atoms with Crippen molar-refractivity contribution in [1.29, 1.82) is 0 Å². The maximum Gasteiger partial charge on any atom is 0.0537 e. The second kappa shape index (κ2) is 6.01. The summed E-state index contributed by atoms with van der Waals surface area (Å²) in [5.74, 6) is 0. The largest absolute Gasteiger partial charge is 0.323 e. The Morgan fingerprint density at radius 1 is 1.44 bits per heavy atom. The molecule has 0 aromatic carbocycles. The first-order valence-electron chi connectivity index (χ1n) is 6.02. The maximum absolute atomic E-state index is 6.16. The van der Waals surface area contributed by atoms with E-state index in [2.05, 4.69) is 30.9 Å². The number of nitrogens with zero attached hydrogens (tertiary/aromatic N) is 3. The van der Waals surface area contributed by atoms with Crippen LogP contribution in [0.5, 0.6) is 0 Å². The van der Waals surface area contributed by atoms with E-state index in [0.717, 1.165) is 12.1 Å². The van der Waals surface area contributed by atoms with Crippen molar-refractivity contribution in [3.63, 3.8) is 0 Å². The third-order valence-corrected chi connectivity index (χ3v) is 3.20. The Morgan fingerprint density at radius 3 is 2.50 bits per heavy atom. The average Bonchev–Trinajstić information content (AvgIpc) is 2.66. The van der Waals surface area contributed by atoms with Gasteiger partial charge in [-0.2, -0.15) is 5.10 Å². The van der Waals surface area contributed by atoms with Crippen molar-refractivity contribution in [3.05, 3.63) is 18.0 Å². The molecule has 0 aliphatic rings. The second-order valence-electron chi connectivity index (χ2n) is 4.46. The SMILES string of the molecule is CCC(CC)N(C)CC(N)c1cnn(C)c1. The molecule has 1 aromatic rings. The zero-order valence-corrected chi connectivity index (χ0v) is 10.8. The van der Waals surface area contributed by atoms with E-state index in [4.69, 9.17) is 5.73 Å². The Bertz CT molecular complexity index is 304. The van der Waals surface area contributed by atoms with E-state index in [1.807, 2.05) is 19.4 Å². The van der Waals surface area contributed by atoms with Crippen LogP contribution in [0.15, 0.2) is 12.4 Å². The van der Waals surface area contributed by atoms with Gasteiger partial charge in [0.05, 0.1) is 6.20 Å². The molecule has 0 saturated heterocycles. The van der Waals surface area contributed by atoms with E-state index >= 15 is 0 Å². The lowest BCUT2D eigenvalue weighted by Gasteiger charge is -2.28. The van der Waals surface area contributed by atoms with E-state index in [9.17, 15) is 0 Å². The van der Waals surface area contributed by atoms with Gasteiger partial charge in [0.2, 0.25) is 0 Å². The van der Waals surface area contributed by atoms with Crippen molar-refractivity contribution < 1.29 is 0 Å². The molecule has 0 bridgehead atoms. The van der Waals surface area contributed by atoms with Gasteiger partial charge in [-0.3, -0.25) is 4.68 Å². The monoisotopic (exact) mass is 224 g/mol. The van der Waals surface area contributed by atoms with E-state index in [1.54, 1.807) is 4.68 Å². The minimum Gasteiger partial charge on any atom is -0.323 e. The standard InChI is InChI=1S/C12H24N4/c1-5-11(6-2)15(3)9-12(13)10-7-14-16(4)8-10/h7-8,11-12H,5-6,9,13H2,1-4H3. The molecule has 0 aliphatic carbocycles. The number of hydrogen-bond donors (Lipinski definition) is 1. The summed E-state index contributed by atoms with van der Waals surface area (Å²) in [6.45, 7) is 5.33. The van der Waals surface area contributed by atoms with Gasteiger partial charge < -0.3 is 10.6 Å². The zero-order chi connectivity index (χ0) is 12.1. The van der Waals surface area contributed by atoms with Crippen molar-refractivity contribution in [3.8, 4) is 0 Å². The third-order valence-electron chi connectivity index (χ3n) is 3.20. The third kappa shape index (κ3) is 3.32. The fraction of sp³-hybridized carbons (Fsp3) is 0.750. The molecule has 16 heavy (non-hydrogen) atoms. The normalized spacial score (nSPS) is 13.7. The Hall–Kier alpha value is -0.870. The lowest BCUT2D eigenvalue weighted by atomic mass is 10.1. The van der Waals surface area contributed by atoms with Crippen LogP contribution in [0.3, 0.4) is 0 Å². The highest BCUT2D eigenvalue weighted by Gasteiger charge is 2.15. The second-order valence-corrected chi connectivity index (χ2v) is 4.46. The van der Waals surface area contributed by atoms with Gasteiger partial charge in [-0.05, 0) is 19.9 Å². The summed E-state index contributed by atoms with van der Waals surface area (Å²) in [5.41, 5.74) is 7.27. The van der Waals surface area contributed by atoms with Gasteiger partial charge in [0.15, 0.2) is 0 Å². The predicted molar refractivity (Wildman–Crippen MR) is 67.1 cm³/mol. The molecule has 2 N–H and O–H groups in total. The molecule has 0 aliphatic heterocycles. The van der Waals surface area contributed by atoms with Crippen LogP contribution in [-0.2, 0) is 7.05 Å². The summed E-state index contributed by atoms with van der Waals surface area (Å²) in [5, 5.41) is 4.15. The van der Waals surface area contributed by atoms with Gasteiger partial charge in [0.25, 0.3) is 0 Å². The molecular formula is C12H24N4. The Morgan fingerprint density at radius 2 is 2.06 bits per heavy atom. The summed E-state index contributed by atoms with van der Waals surface area (Å²) in [7, 11) is 4.06. The van der Waals surface area contributed by atoms with Gasteiger partial charge >= 0.3 is 0 Å². The van der Waals surface area contributed by atoms with Gasteiger partial charge in [0, 0.05) is 37.4 Å². The molecule has 0 radical (unpaired) electrons. The van der Waals surface area contributed by atoms with E-state index < -0.39 is 0 Å². The minimum atomic E-state index is 0.0549. The zero-order valence-electron chi connectivity index (χ0n) is 10.8. The molecule has 4 heteroatoms. The molecule has 0 fully saturated rings. The predicted octanol–water partition coefficient (Wildman–Crippen LogP) is 1.54. The van der Waals surface area contributed by atoms with Crippen molar-refractivity contribution in [2.45, 2.75) is 38.8 Å². The Labute approximate surface area is 98.4 Å². The number of aryl methyl sites for hydroxylation is 1. The lowest BCUT2D eigenvalue weighted by molar-refractivity contribution is 0.217. The fourth-order valence-corrected chi connectivity index (χ4v) is 2.11. The number of aromatic nitrogens is 2. The van der Waals surface area contributed by atoms with Crippen LogP contribution in [0.1, 0.15) is 38.3 Å². The van der Waals surface area contributed by atoms with Crippen molar-refractivity contribution in [2.75, 3.05) is 13.6 Å². The summed E-state index contributed by atoms with van der Waals surface area (Å²) < 4.78 is 1.80. The van der Waals surface area contributed by atoms with E-state index in [1.165, 1.54) is 12.8 Å². The molecule has 92 valence electrons. The van der Waals surface area contributed by atoms with Gasteiger partial charge in [0.1, 0.15) is 0 Å². The van der Waals surface area contributed by atoms with Crippen LogP contribution in [0.25, 0.3) is 0 Å². The Balaban J connectivity index is 2.53. The van der Waals surface area contributed by atoms with E-state index in [-0.39, 0.29) is 6.04 Å². The fourth-order valence-electron chi connectivity index (χ4n) is 2.11. The highest BCUT2D eigenvalue weighted by Crippen LogP contribution is 2.13. The Kier molecular flexibility index (Phi) is 4.96. The molecule has 4 nitrogen and oxygen atoms in total. The number of hydrogen-bond acceptors (Lipinski definition) is 3. The quantitative estimate of drug-likeness (QED) is 0.797. The summed E-state index contributed by atoms with van der Waals surface area (Å²) in [4.78, 5) is 2.34. The molecule has 1 heterocycles. The van der Waals surface area contributed by atoms with Crippen LogP contribution in [0.4, 0.5) is 0 Å². The lowest BCUT2D eigenvalue weighted by Crippen LogP contribution is -2.36. The molecule has 1 aromatic heterocycles. The summed E-state index contributed by atoms with van der Waals surface area (Å²) >= 11 is 0. The van der Waals surface area contributed by atoms with Crippen molar-refractivity contribution >= 4 is 0 Å². The molecule has 0 spiro atoms. The first kappa shape index (κ1) is 13.2. The summed E-state index contributed by atoms with van der Waals surface area (Å²) in [6, 6.07) is 0.682. The molecule has 1 unspecified atom stereocenters. The average molecular weight is 224 g/mol. The molecule has 0 amide bonds. The van der Waals surface area contributed by atoms with Crippen LogP contribution < -0.4 is 5.73 Å². The highest BCUT2D eigenvalue weighted by molar-refractivity contribution is 5.09. The molecule has 1 rings (SSSR count). The molecular weight excluding hydrogens is 200 g/mol. The van der Waals surface area contributed by atoms with Crippen LogP contribution in [0.2, 0.25) is 0 Å². The van der Waals surface area contributed by atoms with Gasteiger partial charge in [-0.15, -0.1) is 0 Å². The van der Waals surface area contributed by atoms with Crippen LogP contribution in [-0.4, -0.2) is 34.3 Å². The van der Waals surface area contributed by atoms with Gasteiger partial charge in [-0.1, -0.05) is 13.8 Å². The number of likely N-dealkylation sites (N-methyl/N-ethyl adjacent to an activating group) is 1. The maximum atomic E-state index is 6.16. The molecule has 0 saturated carbocycles. The smallest absolute Gasteiger partial charge is 0.0537 e. The number of nitrogens with two attached hydrogens (primary N) is 1. The van der Waals surface area contributed by atoms with Crippen LogP contribution in [0, 0.1) is 0 Å². The van der Waals surface area contributed by atoms with Crippen molar-refractivity contribution in [1.82, 2.24) is 14.7 Å². The minimum absolute atomic E-state index is 0.0549. The van der Waals surface area contributed by atoms with E-state index in [0.29, 0.717) is 6.04 Å². The molecule has 1 atom stereocenters. The van der Waals surface area contributed by atoms with Crippen molar-refractivity contribution in [2.24, 2.45) is 12.8 Å². The number of rotatable bonds is 6. The first-order chi connectivity index (χ1) is 7.58. The topological polar surface area (TPSA) is 47.1 Å². The summed E-state index contributed by atoms with van der Waals surface area (Å²) in [6.07, 6.45) is 6.19. The highest BCUT2D eigenvalue weighted by atomic mass is 15.2. The van der Waals surface area contributed by atoms with Gasteiger partial charge in [-0.25, -0.2) is 0 Å². The van der Waals surface area contributed by atoms with Crippen LogP contribution >= 0.6 is 0 Å². The first-order valence-corrected chi connectivity index (χ1v) is 6.02.